The van der Waals surface area contributed by atoms with Crippen LogP contribution in [0.15, 0.2) is 370 Å². The Kier molecular flexibility index (Phi) is 18.7. The molecule has 582 valence electrons. The molecule has 16 nitrogen and oxygen atoms in total. The van der Waals surface area contributed by atoms with Crippen molar-refractivity contribution in [3.8, 4) is 182 Å². The van der Waals surface area contributed by atoms with Crippen LogP contribution in [0.3, 0.4) is 0 Å². The number of alkyl halides is 3. The molecule has 0 aliphatic heterocycles. The summed E-state index contributed by atoms with van der Waals surface area (Å²) in [6, 6.07) is 121. The Balaban J connectivity index is 0.837. The van der Waals surface area contributed by atoms with Crippen LogP contribution in [0.1, 0.15) is 16.7 Å². The van der Waals surface area contributed by atoms with E-state index < -0.39 is 11.7 Å². The van der Waals surface area contributed by atoms with Crippen LogP contribution in [0.2, 0.25) is 0 Å². The van der Waals surface area contributed by atoms with E-state index in [0.29, 0.717) is 142 Å². The van der Waals surface area contributed by atoms with Gasteiger partial charge in [0.25, 0.3) is 0 Å². The fourth-order valence-corrected chi connectivity index (χ4v) is 16.1. The second-order valence-electron chi connectivity index (χ2n) is 29.7. The molecule has 124 heavy (non-hydrogen) atoms. The molecular weight excluding hydrogens is 1540 g/mol. The Hall–Kier alpha value is -17.3. The summed E-state index contributed by atoms with van der Waals surface area (Å²) in [7, 11) is 0. The fourth-order valence-electron chi connectivity index (χ4n) is 16.1. The second kappa shape index (κ2) is 31.2. The highest BCUT2D eigenvalue weighted by molar-refractivity contribution is 6.14. The molecule has 0 bridgehead atoms. The van der Waals surface area contributed by atoms with Crippen LogP contribution < -0.4 is 0 Å². The van der Waals surface area contributed by atoms with Gasteiger partial charge in [0, 0.05) is 99.4 Å². The Morgan fingerprint density at radius 3 is 0.702 bits per heavy atom. The van der Waals surface area contributed by atoms with Gasteiger partial charge in [-0.1, -0.05) is 261 Å². The zero-order valence-electron chi connectivity index (χ0n) is 65.5. The third-order valence-electron chi connectivity index (χ3n) is 22.0. The molecule has 0 atom stereocenters. The first-order valence-corrected chi connectivity index (χ1v) is 39.9. The van der Waals surface area contributed by atoms with Gasteiger partial charge in [0.1, 0.15) is 0 Å². The van der Waals surface area contributed by atoms with Crippen LogP contribution in [0.4, 0.5) is 13.2 Å². The second-order valence-corrected chi connectivity index (χ2v) is 29.7. The number of rotatable bonds is 16. The lowest BCUT2D eigenvalue weighted by molar-refractivity contribution is -0.137. The van der Waals surface area contributed by atoms with Gasteiger partial charge in [-0.25, -0.2) is 59.8 Å². The summed E-state index contributed by atoms with van der Waals surface area (Å²) in [5, 5.41) is 24.4. The van der Waals surface area contributed by atoms with E-state index in [4.69, 9.17) is 59.8 Å². The molecule has 6 aromatic heterocycles. The molecule has 0 unspecified atom stereocenters. The van der Waals surface area contributed by atoms with Gasteiger partial charge in [-0.3, -0.25) is 0 Å². The van der Waals surface area contributed by atoms with E-state index in [1.807, 2.05) is 328 Å². The molecule has 21 aromatic rings. The zero-order valence-corrected chi connectivity index (χ0v) is 65.5. The first-order chi connectivity index (χ1) is 60.9. The molecule has 0 fully saturated rings. The van der Waals surface area contributed by atoms with Crippen molar-refractivity contribution < 1.29 is 13.2 Å². The maximum absolute atomic E-state index is 16.0. The lowest BCUT2D eigenvalue weighted by Gasteiger charge is -2.21. The van der Waals surface area contributed by atoms with Crippen LogP contribution >= 0.6 is 0 Å². The van der Waals surface area contributed by atoms with Crippen molar-refractivity contribution in [1.29, 1.82) is 10.5 Å². The van der Waals surface area contributed by atoms with E-state index in [0.717, 1.165) is 72.4 Å². The van der Waals surface area contributed by atoms with Crippen LogP contribution in [0.25, 0.3) is 214 Å². The van der Waals surface area contributed by atoms with Gasteiger partial charge in [0.2, 0.25) is 0 Å². The van der Waals surface area contributed by atoms with Gasteiger partial charge < -0.3 is 9.13 Å². The van der Waals surface area contributed by atoms with Gasteiger partial charge in [-0.05, 0) is 120 Å². The smallest absolute Gasteiger partial charge is 0.309 e. The van der Waals surface area contributed by atoms with Crippen molar-refractivity contribution in [3.05, 3.63) is 387 Å². The predicted octanol–water partition coefficient (Wildman–Crippen LogP) is 24.7. The Labute approximate surface area is 707 Å². The Bertz CT molecular complexity index is 7240. The number of hydrogen-bond acceptors (Lipinski definition) is 14. The molecule has 0 N–H and O–H groups in total. The molecule has 0 radical (unpaired) electrons. The largest absolute Gasteiger partial charge is 0.417 e. The Morgan fingerprint density at radius 2 is 0.435 bits per heavy atom. The lowest BCUT2D eigenvalue weighted by atomic mass is 9.92. The number of fused-ring (bicyclic) bond motifs is 6. The van der Waals surface area contributed by atoms with Crippen LogP contribution in [-0.2, 0) is 6.18 Å². The van der Waals surface area contributed by atoms with Crippen LogP contribution in [0.5, 0.6) is 0 Å². The van der Waals surface area contributed by atoms with E-state index in [1.165, 1.54) is 12.1 Å². The summed E-state index contributed by atoms with van der Waals surface area (Å²) in [6.07, 6.45) is -4.91. The topological polar surface area (TPSA) is 212 Å². The molecular formula is C105H61F3N16. The molecule has 0 aliphatic carbocycles. The maximum atomic E-state index is 16.0. The summed E-state index contributed by atoms with van der Waals surface area (Å²) < 4.78 is 52.1. The lowest BCUT2D eigenvalue weighted by Crippen LogP contribution is -2.08. The summed E-state index contributed by atoms with van der Waals surface area (Å²) in [4.78, 5) is 61.9. The first-order valence-electron chi connectivity index (χ1n) is 39.9. The van der Waals surface area contributed by atoms with Crippen molar-refractivity contribution in [1.82, 2.24) is 68.9 Å². The minimum atomic E-state index is -4.91. The molecule has 0 saturated heterocycles. The molecule has 19 heteroatoms. The minimum Gasteiger partial charge on any atom is -0.309 e. The average Bonchev–Trinajstić information content (AvgIpc) is 1.56. The normalized spacial score (nSPS) is 11.5. The average molecular weight is 1600 g/mol. The highest BCUT2D eigenvalue weighted by atomic mass is 19.4. The van der Waals surface area contributed by atoms with Gasteiger partial charge in [-0.2, -0.15) is 23.7 Å². The van der Waals surface area contributed by atoms with Crippen molar-refractivity contribution in [2.45, 2.75) is 6.18 Å². The van der Waals surface area contributed by atoms with Gasteiger partial charge in [-0.15, -0.1) is 0 Å². The number of benzene rings is 15. The van der Waals surface area contributed by atoms with E-state index in [1.54, 1.807) is 18.2 Å². The van der Waals surface area contributed by atoms with E-state index in [2.05, 4.69) is 27.3 Å². The van der Waals surface area contributed by atoms with Crippen LogP contribution in [0, 0.1) is 22.7 Å². The van der Waals surface area contributed by atoms with Crippen molar-refractivity contribution in [3.63, 3.8) is 0 Å². The molecule has 6 heterocycles. The number of nitrogens with zero attached hydrogens (tertiary/aromatic N) is 16. The molecule has 0 amide bonds. The number of nitriles is 2. The van der Waals surface area contributed by atoms with Gasteiger partial charge >= 0.3 is 6.18 Å². The third-order valence-corrected chi connectivity index (χ3v) is 22.0. The zero-order chi connectivity index (χ0) is 83.4. The van der Waals surface area contributed by atoms with Crippen molar-refractivity contribution in [2.24, 2.45) is 0 Å². The quantitative estimate of drug-likeness (QED) is 0.0881. The molecule has 21 rings (SSSR count). The Morgan fingerprint density at radius 1 is 0.202 bits per heavy atom. The maximum Gasteiger partial charge on any atom is 0.417 e. The minimum absolute atomic E-state index is 0.162. The van der Waals surface area contributed by atoms with Crippen LogP contribution in [-0.4, -0.2) is 68.9 Å². The molecule has 0 spiro atoms. The van der Waals surface area contributed by atoms with E-state index >= 15 is 13.2 Å². The molecule has 0 saturated carbocycles. The molecule has 0 aliphatic rings. The predicted molar refractivity (Wildman–Crippen MR) is 479 cm³/mol. The first kappa shape index (κ1) is 74.3. The van der Waals surface area contributed by atoms with Gasteiger partial charge in [0.05, 0.1) is 62.3 Å². The fraction of sp³-hybridized carbons (Fsp3) is 0.00952. The number of hydrogen-bond donors (Lipinski definition) is 0. The number of aromatic nitrogens is 14. The standard InChI is InChI=1S/C105H61F3N16/c106-105(107,108)86-56-65(63-110)41-48-79(86)74-43-49-80(92(61-74)124-90-53-46-77(103-119-97(70-33-17-5-18-34-70)113-98(120-103)71-35-19-6-20-36-71)59-84(90)85-60-78(47-54-91(85)124)104-121-99(72-37-21-7-22-38-72)114-100(122-104)73-39-23-8-24-40-73)81-55-64(62-109)42-50-87(81)123-88-51-44-75(101-115-93(66-25-9-1-10-26-66)111-94(116-101)67-27-11-2-12-28-67)57-82(88)83-58-76(45-52-89(83)123)102-117-95(68-29-13-3-14-30-68)112-96(118-102)69-31-15-4-16-32-69/h1-61H. The molecule has 15 aromatic carbocycles. The summed E-state index contributed by atoms with van der Waals surface area (Å²) in [5.74, 6) is 5.28. The van der Waals surface area contributed by atoms with E-state index in [9.17, 15) is 10.5 Å². The summed E-state index contributed by atoms with van der Waals surface area (Å²) in [5.41, 5.74) is 12.8. The van der Waals surface area contributed by atoms with Gasteiger partial charge in [0.15, 0.2) is 69.9 Å². The van der Waals surface area contributed by atoms with Crippen molar-refractivity contribution in [2.75, 3.05) is 0 Å². The monoisotopic (exact) mass is 1600 g/mol. The number of halogens is 3. The third kappa shape index (κ3) is 14.0. The summed E-state index contributed by atoms with van der Waals surface area (Å²) >= 11 is 0. The highest BCUT2D eigenvalue weighted by Crippen LogP contribution is 2.48. The summed E-state index contributed by atoms with van der Waals surface area (Å²) in [6.45, 7) is 0. The highest BCUT2D eigenvalue weighted by Gasteiger charge is 2.35. The van der Waals surface area contributed by atoms with E-state index in [-0.39, 0.29) is 16.7 Å². The van der Waals surface area contributed by atoms with Crippen molar-refractivity contribution >= 4 is 43.6 Å². The SMILES string of the molecule is N#Cc1ccc(-n2c3ccc(-c4nc(-c5ccccc5)nc(-c5ccccc5)n4)cc3c3cc(-c4nc(-c5ccccc5)nc(-c5ccccc5)n4)ccc32)c(-c2ccc(-c3ccc(C#N)cc3C(F)(F)F)cc2-n2c3ccc(-c4nc(-c5ccccc5)nc(-c5ccccc5)n4)cc3c3cc(-c4nc(-c5ccccc5)nc(-c5ccccc5)n4)ccc32)c1.